The lowest BCUT2D eigenvalue weighted by Gasteiger charge is -2.15. The molecule has 3 aromatic rings. The van der Waals surface area contributed by atoms with E-state index in [4.69, 9.17) is 16.3 Å². The molecule has 1 fully saturated rings. The first-order chi connectivity index (χ1) is 15.0. The quantitative estimate of drug-likeness (QED) is 0.455. The highest BCUT2D eigenvalue weighted by atomic mass is 35.5. The number of hydrogen-bond acceptors (Lipinski definition) is 7. The summed E-state index contributed by atoms with van der Waals surface area (Å²) in [6.07, 6.45) is 2.31. The Balaban J connectivity index is 1.37. The lowest BCUT2D eigenvalue weighted by Crippen LogP contribution is -2.19. The largest absolute Gasteiger partial charge is 0.376 e. The van der Waals surface area contributed by atoms with Crippen LogP contribution >= 0.6 is 34.7 Å². The van der Waals surface area contributed by atoms with Gasteiger partial charge in [-0.05, 0) is 25.0 Å². The van der Waals surface area contributed by atoms with Crippen molar-refractivity contribution in [3.05, 3.63) is 40.5 Å². The molecule has 4 rings (SSSR count). The first kappa shape index (κ1) is 22.3. The Kier molecular flexibility index (Phi) is 7.27. The van der Waals surface area contributed by atoms with E-state index in [1.165, 1.54) is 23.1 Å². The number of benzene rings is 1. The summed E-state index contributed by atoms with van der Waals surface area (Å²) in [7, 11) is 0. The Labute approximate surface area is 194 Å². The molecule has 10 heteroatoms. The van der Waals surface area contributed by atoms with Crippen LogP contribution in [0.1, 0.15) is 38.4 Å². The summed E-state index contributed by atoms with van der Waals surface area (Å²) in [4.78, 5) is 17.0. The number of halogens is 1. The van der Waals surface area contributed by atoms with E-state index in [0.717, 1.165) is 48.2 Å². The van der Waals surface area contributed by atoms with Gasteiger partial charge in [-0.1, -0.05) is 49.3 Å². The van der Waals surface area contributed by atoms with E-state index in [2.05, 4.69) is 38.9 Å². The van der Waals surface area contributed by atoms with Crippen LogP contribution in [0.4, 0.5) is 5.13 Å². The number of nitrogens with zero attached hydrogens (tertiary/aromatic N) is 4. The Bertz CT molecular complexity index is 1030. The van der Waals surface area contributed by atoms with Crippen LogP contribution in [0.2, 0.25) is 5.02 Å². The van der Waals surface area contributed by atoms with E-state index in [-0.39, 0.29) is 23.7 Å². The van der Waals surface area contributed by atoms with Crippen molar-refractivity contribution in [3.63, 3.8) is 0 Å². The summed E-state index contributed by atoms with van der Waals surface area (Å²) < 4.78 is 7.88. The van der Waals surface area contributed by atoms with Crippen LogP contribution in [0, 0.1) is 0 Å². The minimum atomic E-state index is -0.125. The van der Waals surface area contributed by atoms with Crippen LogP contribution < -0.4 is 5.32 Å². The Hall–Kier alpha value is -1.94. The zero-order valence-corrected chi connectivity index (χ0v) is 19.8. The average Bonchev–Trinajstić information content (AvgIpc) is 3.49. The van der Waals surface area contributed by atoms with Crippen molar-refractivity contribution in [2.24, 2.45) is 0 Å². The number of thiazole rings is 1. The van der Waals surface area contributed by atoms with E-state index >= 15 is 0 Å². The SMILES string of the molecule is CC(C)c1nnc(SCC(=O)Nc2nc(-c3ccc(Cl)cc3)cs2)n1CC1CCCO1. The number of nitrogens with one attached hydrogen (secondary N) is 1. The van der Waals surface area contributed by atoms with Gasteiger partial charge >= 0.3 is 0 Å². The van der Waals surface area contributed by atoms with Gasteiger partial charge in [0.05, 0.1) is 24.1 Å². The van der Waals surface area contributed by atoms with Crippen molar-refractivity contribution in [3.8, 4) is 11.3 Å². The number of carbonyl (C=O) groups is 1. The van der Waals surface area contributed by atoms with Crippen LogP contribution in [0.5, 0.6) is 0 Å². The maximum absolute atomic E-state index is 12.5. The van der Waals surface area contributed by atoms with Crippen LogP contribution in [-0.2, 0) is 16.1 Å². The Morgan fingerprint density at radius 2 is 2.16 bits per heavy atom. The van der Waals surface area contributed by atoms with Crippen LogP contribution in [-0.4, -0.2) is 44.1 Å². The topological polar surface area (TPSA) is 81.9 Å². The van der Waals surface area contributed by atoms with Gasteiger partial charge in [-0.2, -0.15) is 0 Å². The molecule has 0 bridgehead atoms. The fraction of sp³-hybridized carbons (Fsp3) is 0.429. The lowest BCUT2D eigenvalue weighted by atomic mass is 10.2. The van der Waals surface area contributed by atoms with Gasteiger partial charge in [0.1, 0.15) is 5.82 Å². The second-order valence-corrected chi connectivity index (χ2v) is 9.86. The fourth-order valence-electron chi connectivity index (χ4n) is 3.37. The molecule has 1 aliphatic rings. The fourth-order valence-corrected chi connectivity index (χ4v) is 4.98. The molecule has 1 N–H and O–H groups in total. The second kappa shape index (κ2) is 10.1. The zero-order valence-electron chi connectivity index (χ0n) is 17.4. The maximum atomic E-state index is 12.5. The maximum Gasteiger partial charge on any atom is 0.236 e. The summed E-state index contributed by atoms with van der Waals surface area (Å²) in [6, 6.07) is 7.46. The smallest absolute Gasteiger partial charge is 0.236 e. The molecule has 1 aliphatic heterocycles. The third kappa shape index (κ3) is 5.65. The van der Waals surface area contributed by atoms with E-state index in [1.807, 2.05) is 29.6 Å². The first-order valence-corrected chi connectivity index (χ1v) is 12.4. The molecule has 1 saturated heterocycles. The summed E-state index contributed by atoms with van der Waals surface area (Å²) in [5, 5.41) is 15.5. The molecular formula is C21H24ClN5O2S2. The molecule has 1 unspecified atom stereocenters. The number of ether oxygens (including phenoxy) is 1. The van der Waals surface area contributed by atoms with Gasteiger partial charge in [-0.25, -0.2) is 4.98 Å². The van der Waals surface area contributed by atoms with Crippen molar-refractivity contribution in [1.82, 2.24) is 19.7 Å². The van der Waals surface area contributed by atoms with Gasteiger partial charge in [0.15, 0.2) is 10.3 Å². The van der Waals surface area contributed by atoms with Gasteiger partial charge < -0.3 is 14.6 Å². The third-order valence-electron chi connectivity index (χ3n) is 4.89. The van der Waals surface area contributed by atoms with Gasteiger partial charge in [0, 0.05) is 28.5 Å². The molecule has 0 spiro atoms. The van der Waals surface area contributed by atoms with Gasteiger partial charge in [-0.3, -0.25) is 4.79 Å². The lowest BCUT2D eigenvalue weighted by molar-refractivity contribution is -0.113. The molecular weight excluding hydrogens is 454 g/mol. The van der Waals surface area contributed by atoms with Gasteiger partial charge in [0.25, 0.3) is 0 Å². The average molecular weight is 478 g/mol. The number of amides is 1. The molecule has 164 valence electrons. The standard InChI is InChI=1S/C21H24ClN5O2S2/c1-13(2)19-25-26-21(27(19)10-16-4-3-9-29-16)31-12-18(28)24-20-23-17(11-30-20)14-5-7-15(22)8-6-14/h5-8,11,13,16H,3-4,9-10,12H2,1-2H3,(H,23,24,28). The van der Waals surface area contributed by atoms with Crippen LogP contribution in [0.3, 0.4) is 0 Å². The van der Waals surface area contributed by atoms with E-state index in [0.29, 0.717) is 10.2 Å². The predicted octanol–water partition coefficient (Wildman–Crippen LogP) is 5.09. The minimum Gasteiger partial charge on any atom is -0.376 e. The molecule has 1 atom stereocenters. The summed E-state index contributed by atoms with van der Waals surface area (Å²) >= 11 is 8.72. The molecule has 7 nitrogen and oxygen atoms in total. The van der Waals surface area contributed by atoms with E-state index in [9.17, 15) is 4.79 Å². The Morgan fingerprint density at radius 3 is 2.87 bits per heavy atom. The van der Waals surface area contributed by atoms with E-state index < -0.39 is 0 Å². The molecule has 0 radical (unpaired) electrons. The summed E-state index contributed by atoms with van der Waals surface area (Å²) in [5.41, 5.74) is 1.77. The number of anilines is 1. The predicted molar refractivity (Wildman–Crippen MR) is 125 cm³/mol. The second-order valence-electron chi connectivity index (χ2n) is 7.62. The third-order valence-corrected chi connectivity index (χ3v) is 6.87. The van der Waals surface area contributed by atoms with Crippen LogP contribution in [0.15, 0.2) is 34.8 Å². The van der Waals surface area contributed by atoms with Crippen molar-refractivity contribution >= 4 is 45.7 Å². The normalized spacial score (nSPS) is 16.2. The Morgan fingerprint density at radius 1 is 1.35 bits per heavy atom. The van der Waals surface area contributed by atoms with Crippen LogP contribution in [0.25, 0.3) is 11.3 Å². The molecule has 0 saturated carbocycles. The number of rotatable bonds is 8. The molecule has 31 heavy (non-hydrogen) atoms. The number of thioether (sulfide) groups is 1. The molecule has 3 heterocycles. The van der Waals surface area contributed by atoms with Crippen molar-refractivity contribution < 1.29 is 9.53 Å². The highest BCUT2D eigenvalue weighted by molar-refractivity contribution is 7.99. The summed E-state index contributed by atoms with van der Waals surface area (Å²) in [6.45, 7) is 5.72. The monoisotopic (exact) mass is 477 g/mol. The van der Waals surface area contributed by atoms with Crippen molar-refractivity contribution in [2.45, 2.75) is 50.4 Å². The van der Waals surface area contributed by atoms with E-state index in [1.54, 1.807) is 0 Å². The van der Waals surface area contributed by atoms with Gasteiger partial charge in [0.2, 0.25) is 5.91 Å². The highest BCUT2D eigenvalue weighted by Gasteiger charge is 2.22. The highest BCUT2D eigenvalue weighted by Crippen LogP contribution is 2.27. The number of hydrogen-bond donors (Lipinski definition) is 1. The van der Waals surface area contributed by atoms with Crippen molar-refractivity contribution in [1.29, 1.82) is 0 Å². The number of carbonyl (C=O) groups excluding carboxylic acids is 1. The summed E-state index contributed by atoms with van der Waals surface area (Å²) in [5.74, 6) is 1.28. The minimum absolute atomic E-state index is 0.125. The number of aromatic nitrogens is 4. The first-order valence-electron chi connectivity index (χ1n) is 10.2. The molecule has 2 aromatic heterocycles. The van der Waals surface area contributed by atoms with Crippen molar-refractivity contribution in [2.75, 3.05) is 17.7 Å². The zero-order chi connectivity index (χ0) is 21.8. The molecule has 1 amide bonds. The van der Waals surface area contributed by atoms with Gasteiger partial charge in [-0.15, -0.1) is 21.5 Å². The molecule has 0 aliphatic carbocycles. The molecule has 1 aromatic carbocycles.